The van der Waals surface area contributed by atoms with Gasteiger partial charge in [-0.05, 0) is 33.7 Å². The van der Waals surface area contributed by atoms with E-state index in [0.29, 0.717) is 19.8 Å². The molecule has 0 spiro atoms. The Bertz CT molecular complexity index is 280. The highest BCUT2D eigenvalue weighted by molar-refractivity contribution is 7.90. The maximum atomic E-state index is 11.9. The third-order valence-corrected chi connectivity index (χ3v) is 4.28. The van der Waals surface area contributed by atoms with Gasteiger partial charge in [-0.3, -0.25) is 0 Å². The van der Waals surface area contributed by atoms with Crippen LogP contribution < -0.4 is 10.0 Å². The van der Waals surface area contributed by atoms with Crippen molar-refractivity contribution in [2.45, 2.75) is 45.4 Å². The van der Waals surface area contributed by atoms with Crippen LogP contribution in [0.25, 0.3) is 0 Å². The lowest BCUT2D eigenvalue weighted by molar-refractivity contribution is 0.133. The van der Waals surface area contributed by atoms with E-state index in [1.54, 1.807) is 13.8 Å². The predicted octanol–water partition coefficient (Wildman–Crippen LogP) is 0.719. The lowest BCUT2D eigenvalue weighted by Crippen LogP contribution is -2.44. The fraction of sp³-hybridized carbons (Fsp3) is 1.00. The van der Waals surface area contributed by atoms with Crippen molar-refractivity contribution >= 4 is 10.0 Å². The molecule has 0 bridgehead atoms. The molecule has 2 unspecified atom stereocenters. The van der Waals surface area contributed by atoms with Gasteiger partial charge in [-0.25, -0.2) is 13.1 Å². The fourth-order valence-electron chi connectivity index (χ4n) is 1.32. The minimum Gasteiger partial charge on any atom is -0.380 e. The summed E-state index contributed by atoms with van der Waals surface area (Å²) in [6.45, 7) is 9.77. The number of ether oxygens (including phenoxy) is 1. The normalized spacial score (nSPS) is 15.8. The molecule has 5 nitrogen and oxygen atoms in total. The van der Waals surface area contributed by atoms with Crippen LogP contribution >= 0.6 is 0 Å². The topological polar surface area (TPSA) is 67.4 Å². The van der Waals surface area contributed by atoms with Crippen molar-refractivity contribution in [1.29, 1.82) is 0 Å². The molecule has 0 radical (unpaired) electrons. The van der Waals surface area contributed by atoms with Crippen LogP contribution in [-0.2, 0) is 14.8 Å². The lowest BCUT2D eigenvalue weighted by atomic mass is 10.4. The van der Waals surface area contributed by atoms with E-state index in [4.69, 9.17) is 4.74 Å². The monoisotopic (exact) mass is 266 g/mol. The van der Waals surface area contributed by atoms with Crippen molar-refractivity contribution in [2.24, 2.45) is 0 Å². The lowest BCUT2D eigenvalue weighted by Gasteiger charge is -2.18. The zero-order valence-electron chi connectivity index (χ0n) is 11.3. The Balaban J connectivity index is 4.07. The van der Waals surface area contributed by atoms with Gasteiger partial charge in [-0.15, -0.1) is 0 Å². The van der Waals surface area contributed by atoms with Crippen LogP contribution in [0.15, 0.2) is 0 Å². The van der Waals surface area contributed by atoms with Gasteiger partial charge in [0.15, 0.2) is 0 Å². The van der Waals surface area contributed by atoms with Crippen LogP contribution in [0.5, 0.6) is 0 Å². The average Bonchev–Trinajstić information content (AvgIpc) is 2.26. The second-order valence-electron chi connectivity index (χ2n) is 4.24. The molecule has 0 aliphatic carbocycles. The van der Waals surface area contributed by atoms with Gasteiger partial charge in [0.25, 0.3) is 0 Å². The average molecular weight is 266 g/mol. The highest BCUT2D eigenvalue weighted by Gasteiger charge is 2.22. The van der Waals surface area contributed by atoms with Crippen molar-refractivity contribution in [3.05, 3.63) is 0 Å². The number of rotatable bonds is 10. The highest BCUT2D eigenvalue weighted by atomic mass is 32.2. The zero-order valence-corrected chi connectivity index (χ0v) is 12.1. The van der Waals surface area contributed by atoms with Gasteiger partial charge in [-0.2, -0.15) is 0 Å². The molecule has 0 aromatic carbocycles. The molecular weight excluding hydrogens is 240 g/mol. The van der Waals surface area contributed by atoms with Crippen LogP contribution in [0.4, 0.5) is 0 Å². The Morgan fingerprint density at radius 2 is 1.88 bits per heavy atom. The largest absolute Gasteiger partial charge is 0.380 e. The van der Waals surface area contributed by atoms with E-state index >= 15 is 0 Å². The Morgan fingerprint density at radius 3 is 2.41 bits per heavy atom. The van der Waals surface area contributed by atoms with Crippen LogP contribution in [0.2, 0.25) is 0 Å². The maximum Gasteiger partial charge on any atom is 0.215 e. The molecule has 0 aromatic rings. The Morgan fingerprint density at radius 1 is 1.24 bits per heavy atom. The van der Waals surface area contributed by atoms with Crippen LogP contribution in [0.3, 0.4) is 0 Å². The van der Waals surface area contributed by atoms with Crippen molar-refractivity contribution in [3.8, 4) is 0 Å². The minimum atomic E-state index is -3.26. The SMILES string of the molecule is CCCNCC(C)S(=O)(=O)NC(C)COCC. The fourth-order valence-corrected chi connectivity index (χ4v) is 2.52. The summed E-state index contributed by atoms with van der Waals surface area (Å²) in [4.78, 5) is 0. The first-order chi connectivity index (χ1) is 7.94. The summed E-state index contributed by atoms with van der Waals surface area (Å²) in [6, 6.07) is -0.187. The van der Waals surface area contributed by atoms with E-state index in [0.717, 1.165) is 13.0 Å². The van der Waals surface area contributed by atoms with E-state index in [-0.39, 0.29) is 6.04 Å². The summed E-state index contributed by atoms with van der Waals surface area (Å²) in [5.74, 6) is 0. The molecule has 0 saturated carbocycles. The number of hydrogen-bond donors (Lipinski definition) is 2. The summed E-state index contributed by atoms with van der Waals surface area (Å²) in [6.07, 6.45) is 1.00. The first-order valence-corrected chi connectivity index (χ1v) is 7.78. The van der Waals surface area contributed by atoms with Gasteiger partial charge < -0.3 is 10.1 Å². The van der Waals surface area contributed by atoms with Gasteiger partial charge in [0, 0.05) is 19.2 Å². The molecule has 0 rings (SSSR count). The Hall–Kier alpha value is -0.170. The standard InChI is InChI=1S/C11H26N2O3S/c1-5-7-12-8-11(4)17(14,15)13-10(3)9-16-6-2/h10-13H,5-9H2,1-4H3. The second kappa shape index (κ2) is 8.85. The number of nitrogens with one attached hydrogen (secondary N) is 2. The van der Waals surface area contributed by atoms with Gasteiger partial charge in [0.05, 0.1) is 11.9 Å². The predicted molar refractivity (Wildman–Crippen MR) is 70.6 cm³/mol. The molecule has 0 aliphatic heterocycles. The molecule has 0 saturated heterocycles. The zero-order chi connectivity index (χ0) is 13.3. The van der Waals surface area contributed by atoms with Crippen LogP contribution in [0, 0.1) is 0 Å². The third-order valence-electron chi connectivity index (χ3n) is 2.33. The van der Waals surface area contributed by atoms with E-state index in [9.17, 15) is 8.42 Å². The maximum absolute atomic E-state index is 11.9. The van der Waals surface area contributed by atoms with Gasteiger partial charge in [0.1, 0.15) is 0 Å². The van der Waals surface area contributed by atoms with Crippen molar-refractivity contribution < 1.29 is 13.2 Å². The summed E-state index contributed by atoms with van der Waals surface area (Å²) in [7, 11) is -3.26. The molecule has 0 amide bonds. The van der Waals surface area contributed by atoms with Gasteiger partial charge in [-0.1, -0.05) is 6.92 Å². The molecule has 2 atom stereocenters. The molecule has 0 heterocycles. The van der Waals surface area contributed by atoms with Crippen LogP contribution in [-0.4, -0.2) is 46.0 Å². The minimum absolute atomic E-state index is 0.187. The summed E-state index contributed by atoms with van der Waals surface area (Å²) >= 11 is 0. The second-order valence-corrected chi connectivity index (χ2v) is 6.37. The molecule has 17 heavy (non-hydrogen) atoms. The van der Waals surface area contributed by atoms with E-state index in [2.05, 4.69) is 17.0 Å². The number of hydrogen-bond acceptors (Lipinski definition) is 4. The quantitative estimate of drug-likeness (QED) is 0.572. The highest BCUT2D eigenvalue weighted by Crippen LogP contribution is 1.99. The summed E-state index contributed by atoms with van der Waals surface area (Å²) < 4.78 is 31.6. The van der Waals surface area contributed by atoms with Crippen molar-refractivity contribution in [1.82, 2.24) is 10.0 Å². The molecular formula is C11H26N2O3S. The van der Waals surface area contributed by atoms with Gasteiger partial charge in [0.2, 0.25) is 10.0 Å². The summed E-state index contributed by atoms with van der Waals surface area (Å²) in [5, 5.41) is 2.67. The van der Waals surface area contributed by atoms with Crippen molar-refractivity contribution in [3.63, 3.8) is 0 Å². The van der Waals surface area contributed by atoms with E-state index < -0.39 is 15.3 Å². The third kappa shape index (κ3) is 7.70. The molecule has 104 valence electrons. The Labute approximate surface area is 105 Å². The Kier molecular flexibility index (Phi) is 8.77. The van der Waals surface area contributed by atoms with Crippen LogP contribution in [0.1, 0.15) is 34.1 Å². The smallest absolute Gasteiger partial charge is 0.215 e. The molecule has 2 N–H and O–H groups in total. The van der Waals surface area contributed by atoms with Crippen molar-refractivity contribution in [2.75, 3.05) is 26.3 Å². The molecule has 0 aromatic heterocycles. The molecule has 6 heteroatoms. The first kappa shape index (κ1) is 16.8. The molecule has 0 fully saturated rings. The van der Waals surface area contributed by atoms with E-state index in [1.165, 1.54) is 0 Å². The van der Waals surface area contributed by atoms with Gasteiger partial charge >= 0.3 is 0 Å². The first-order valence-electron chi connectivity index (χ1n) is 6.23. The number of sulfonamides is 1. The molecule has 0 aliphatic rings. The van der Waals surface area contributed by atoms with E-state index in [1.807, 2.05) is 6.92 Å². The summed E-state index contributed by atoms with van der Waals surface area (Å²) in [5.41, 5.74) is 0.